The number of likely N-dealkylation sites (N-methyl/N-ethyl adjacent to an activating group) is 1. The molecule has 0 N–H and O–H groups in total. The topological polar surface area (TPSA) is 59.1 Å². The fourth-order valence-electron chi connectivity index (χ4n) is 4.39. The lowest BCUT2D eigenvalue weighted by atomic mass is 9.88. The Morgan fingerprint density at radius 3 is 2.42 bits per heavy atom. The van der Waals surface area contributed by atoms with E-state index < -0.39 is 0 Å². The number of rotatable bonds is 6. The van der Waals surface area contributed by atoms with E-state index in [4.69, 9.17) is 9.47 Å². The molecule has 1 saturated heterocycles. The highest BCUT2D eigenvalue weighted by Gasteiger charge is 2.31. The maximum atomic E-state index is 13.0. The van der Waals surface area contributed by atoms with Gasteiger partial charge in [0.1, 0.15) is 13.2 Å². The highest BCUT2D eigenvalue weighted by molar-refractivity contribution is 5.98. The number of benzene rings is 2. The van der Waals surface area contributed by atoms with Gasteiger partial charge in [-0.3, -0.25) is 14.5 Å². The van der Waals surface area contributed by atoms with Crippen LogP contribution < -0.4 is 9.47 Å². The van der Waals surface area contributed by atoms with Crippen LogP contribution in [0.1, 0.15) is 35.7 Å². The number of piperidine rings is 1. The molecule has 2 aromatic rings. The first-order chi connectivity index (χ1) is 15.0. The van der Waals surface area contributed by atoms with Gasteiger partial charge < -0.3 is 14.4 Å². The van der Waals surface area contributed by atoms with Gasteiger partial charge in [0.15, 0.2) is 17.3 Å². The molecule has 1 fully saturated rings. The second-order valence-electron chi connectivity index (χ2n) is 8.39. The van der Waals surface area contributed by atoms with E-state index in [9.17, 15) is 9.59 Å². The van der Waals surface area contributed by atoms with Gasteiger partial charge in [-0.2, -0.15) is 0 Å². The Morgan fingerprint density at radius 2 is 1.71 bits per heavy atom. The first kappa shape index (κ1) is 21.4. The minimum atomic E-state index is -0.195. The highest BCUT2D eigenvalue weighted by atomic mass is 16.6. The zero-order valence-electron chi connectivity index (χ0n) is 18.3. The van der Waals surface area contributed by atoms with Gasteiger partial charge in [-0.25, -0.2) is 0 Å². The summed E-state index contributed by atoms with van der Waals surface area (Å²) >= 11 is 0. The SMILES string of the molecule is CC(C(=O)N(C)Cc1ccccc1)N1CCC(C(=O)c2ccc3c(c2)OCCO3)CC1. The standard InChI is InChI=1S/C25H30N2O4/c1-18(25(29)26(2)17-19-6-4-3-5-7-19)27-12-10-20(11-13-27)24(28)21-8-9-22-23(16-21)31-15-14-30-22/h3-9,16,18,20H,10-15,17H2,1-2H3. The third-order valence-electron chi connectivity index (χ3n) is 6.27. The van der Waals surface area contributed by atoms with Crippen molar-refractivity contribution in [2.45, 2.75) is 32.4 Å². The lowest BCUT2D eigenvalue weighted by molar-refractivity contribution is -0.136. The molecule has 1 atom stereocenters. The van der Waals surface area contributed by atoms with Crippen molar-refractivity contribution in [1.29, 1.82) is 0 Å². The van der Waals surface area contributed by atoms with E-state index in [1.54, 1.807) is 11.0 Å². The number of carbonyl (C=O) groups excluding carboxylic acids is 2. The fourth-order valence-corrected chi connectivity index (χ4v) is 4.39. The molecule has 6 heteroatoms. The van der Waals surface area contributed by atoms with E-state index >= 15 is 0 Å². The van der Waals surface area contributed by atoms with Gasteiger partial charge in [-0.1, -0.05) is 30.3 Å². The fraction of sp³-hybridized carbons (Fsp3) is 0.440. The molecule has 0 radical (unpaired) electrons. The molecular weight excluding hydrogens is 392 g/mol. The van der Waals surface area contributed by atoms with Gasteiger partial charge >= 0.3 is 0 Å². The van der Waals surface area contributed by atoms with Crippen LogP contribution in [0.5, 0.6) is 11.5 Å². The van der Waals surface area contributed by atoms with E-state index in [0.29, 0.717) is 36.8 Å². The van der Waals surface area contributed by atoms with Crippen LogP contribution in [0.25, 0.3) is 0 Å². The monoisotopic (exact) mass is 422 g/mol. The summed E-state index contributed by atoms with van der Waals surface area (Å²) in [7, 11) is 1.85. The van der Waals surface area contributed by atoms with Crippen molar-refractivity contribution in [1.82, 2.24) is 9.80 Å². The average molecular weight is 423 g/mol. The number of carbonyl (C=O) groups is 2. The zero-order valence-corrected chi connectivity index (χ0v) is 18.3. The Hall–Kier alpha value is -2.86. The molecule has 0 aliphatic carbocycles. The smallest absolute Gasteiger partial charge is 0.239 e. The van der Waals surface area contributed by atoms with Crippen molar-refractivity contribution >= 4 is 11.7 Å². The van der Waals surface area contributed by atoms with Crippen LogP contribution in [0.4, 0.5) is 0 Å². The lowest BCUT2D eigenvalue weighted by Gasteiger charge is -2.36. The number of Topliss-reactive ketones (excluding diaryl/α,β-unsaturated/α-hetero) is 1. The van der Waals surface area contributed by atoms with Gasteiger partial charge in [0, 0.05) is 25.1 Å². The van der Waals surface area contributed by atoms with Crippen molar-refractivity contribution in [3.8, 4) is 11.5 Å². The van der Waals surface area contributed by atoms with Crippen LogP contribution in [0.15, 0.2) is 48.5 Å². The van der Waals surface area contributed by atoms with Gasteiger partial charge in [0.05, 0.1) is 6.04 Å². The summed E-state index contributed by atoms with van der Waals surface area (Å²) in [4.78, 5) is 29.9. The molecule has 2 aliphatic rings. The quantitative estimate of drug-likeness (QED) is 0.668. The summed E-state index contributed by atoms with van der Waals surface area (Å²) in [6.07, 6.45) is 1.51. The summed E-state index contributed by atoms with van der Waals surface area (Å²) in [6, 6.07) is 15.3. The van der Waals surface area contributed by atoms with E-state index in [0.717, 1.165) is 31.5 Å². The summed E-state index contributed by atoms with van der Waals surface area (Å²) in [5.74, 6) is 1.58. The van der Waals surface area contributed by atoms with E-state index in [-0.39, 0.29) is 23.7 Å². The maximum absolute atomic E-state index is 13.0. The summed E-state index contributed by atoms with van der Waals surface area (Å²) in [5.41, 5.74) is 1.80. The molecule has 0 saturated carbocycles. The molecule has 4 rings (SSSR count). The molecule has 2 aliphatic heterocycles. The van der Waals surface area contributed by atoms with Crippen LogP contribution in [0, 0.1) is 5.92 Å². The minimum Gasteiger partial charge on any atom is -0.486 e. The predicted octanol–water partition coefficient (Wildman–Crippen LogP) is 3.40. The molecule has 2 heterocycles. The highest BCUT2D eigenvalue weighted by Crippen LogP contribution is 2.32. The number of fused-ring (bicyclic) bond motifs is 1. The summed E-state index contributed by atoms with van der Waals surface area (Å²) in [6.45, 7) is 5.10. The number of likely N-dealkylation sites (tertiary alicyclic amines) is 1. The van der Waals surface area contributed by atoms with Gasteiger partial charge in [0.2, 0.25) is 5.91 Å². The van der Waals surface area contributed by atoms with Gasteiger partial charge in [0.25, 0.3) is 0 Å². The Balaban J connectivity index is 1.31. The normalized spacial score (nSPS) is 17.7. The van der Waals surface area contributed by atoms with Crippen LogP contribution in [-0.4, -0.2) is 60.9 Å². The van der Waals surface area contributed by atoms with E-state index in [2.05, 4.69) is 4.90 Å². The number of hydrogen-bond acceptors (Lipinski definition) is 5. The third-order valence-corrected chi connectivity index (χ3v) is 6.27. The molecule has 2 aromatic carbocycles. The van der Waals surface area contributed by atoms with Crippen molar-refractivity contribution in [3.63, 3.8) is 0 Å². The second kappa shape index (κ2) is 9.52. The molecule has 164 valence electrons. The molecule has 1 unspecified atom stereocenters. The van der Waals surface area contributed by atoms with Crippen LogP contribution >= 0.6 is 0 Å². The first-order valence-corrected chi connectivity index (χ1v) is 11.0. The Labute approximate surface area is 183 Å². The third kappa shape index (κ3) is 4.90. The number of ether oxygens (including phenoxy) is 2. The van der Waals surface area contributed by atoms with Crippen LogP contribution in [-0.2, 0) is 11.3 Å². The van der Waals surface area contributed by atoms with Crippen molar-refractivity contribution in [2.75, 3.05) is 33.4 Å². The largest absolute Gasteiger partial charge is 0.486 e. The lowest BCUT2D eigenvalue weighted by Crippen LogP contribution is -2.49. The first-order valence-electron chi connectivity index (χ1n) is 11.0. The van der Waals surface area contributed by atoms with Crippen LogP contribution in [0.3, 0.4) is 0 Å². The Bertz CT molecular complexity index is 922. The van der Waals surface area contributed by atoms with E-state index in [1.165, 1.54) is 0 Å². The van der Waals surface area contributed by atoms with Crippen molar-refractivity contribution < 1.29 is 19.1 Å². The van der Waals surface area contributed by atoms with Crippen molar-refractivity contribution in [3.05, 3.63) is 59.7 Å². The Kier molecular flexibility index (Phi) is 6.56. The summed E-state index contributed by atoms with van der Waals surface area (Å²) < 4.78 is 11.2. The molecule has 31 heavy (non-hydrogen) atoms. The molecule has 0 aromatic heterocycles. The van der Waals surface area contributed by atoms with Crippen molar-refractivity contribution in [2.24, 2.45) is 5.92 Å². The molecule has 0 bridgehead atoms. The average Bonchev–Trinajstić information content (AvgIpc) is 2.83. The maximum Gasteiger partial charge on any atom is 0.239 e. The van der Waals surface area contributed by atoms with Crippen LogP contribution in [0.2, 0.25) is 0 Å². The summed E-state index contributed by atoms with van der Waals surface area (Å²) in [5, 5.41) is 0. The minimum absolute atomic E-state index is 0.0249. The number of hydrogen-bond donors (Lipinski definition) is 0. The Morgan fingerprint density at radius 1 is 1.03 bits per heavy atom. The molecule has 6 nitrogen and oxygen atoms in total. The molecule has 0 spiro atoms. The number of nitrogens with zero attached hydrogens (tertiary/aromatic N) is 2. The van der Waals surface area contributed by atoms with Gasteiger partial charge in [-0.15, -0.1) is 0 Å². The zero-order chi connectivity index (χ0) is 21.8. The predicted molar refractivity (Wildman–Crippen MR) is 118 cm³/mol. The van der Waals surface area contributed by atoms with E-state index in [1.807, 2.05) is 56.4 Å². The van der Waals surface area contributed by atoms with Gasteiger partial charge in [-0.05, 0) is 56.6 Å². The molecular formula is C25H30N2O4. The number of ketones is 1. The number of amides is 1. The molecule has 1 amide bonds. The second-order valence-corrected chi connectivity index (χ2v) is 8.39.